The fourth-order valence-electron chi connectivity index (χ4n) is 2.61. The summed E-state index contributed by atoms with van der Waals surface area (Å²) in [7, 11) is 1.51. The SMILES string of the molecule is COc1cc(CCC=O)c([N+](=O)[O-])cc1OC1CCCC1. The van der Waals surface area contributed by atoms with Crippen molar-refractivity contribution in [3.63, 3.8) is 0 Å². The van der Waals surface area contributed by atoms with Crippen molar-refractivity contribution in [2.75, 3.05) is 7.11 Å². The summed E-state index contributed by atoms with van der Waals surface area (Å²) in [6, 6.07) is 3.02. The van der Waals surface area contributed by atoms with Crippen molar-refractivity contribution in [3.8, 4) is 11.5 Å². The van der Waals surface area contributed by atoms with Gasteiger partial charge < -0.3 is 14.3 Å². The molecule has 1 aromatic carbocycles. The van der Waals surface area contributed by atoms with Gasteiger partial charge in [0, 0.05) is 12.0 Å². The van der Waals surface area contributed by atoms with Crippen molar-refractivity contribution in [2.45, 2.75) is 44.6 Å². The molecule has 0 aromatic heterocycles. The molecule has 0 unspecified atom stereocenters. The lowest BCUT2D eigenvalue weighted by atomic mass is 10.1. The molecule has 6 nitrogen and oxygen atoms in total. The molecule has 1 fully saturated rings. The monoisotopic (exact) mass is 293 g/mol. The van der Waals surface area contributed by atoms with Crippen LogP contribution in [0, 0.1) is 10.1 Å². The predicted molar refractivity (Wildman–Crippen MR) is 76.9 cm³/mol. The minimum absolute atomic E-state index is 0.0225. The number of aryl methyl sites for hydroxylation is 1. The Hall–Kier alpha value is -2.11. The molecule has 1 aliphatic rings. The van der Waals surface area contributed by atoms with Crippen LogP contribution in [-0.2, 0) is 11.2 Å². The Morgan fingerprint density at radius 1 is 1.33 bits per heavy atom. The van der Waals surface area contributed by atoms with Crippen molar-refractivity contribution in [2.24, 2.45) is 0 Å². The fourth-order valence-corrected chi connectivity index (χ4v) is 2.61. The molecule has 0 aliphatic heterocycles. The van der Waals surface area contributed by atoms with Crippen LogP contribution >= 0.6 is 0 Å². The number of methoxy groups -OCH3 is 1. The largest absolute Gasteiger partial charge is 0.493 e. The van der Waals surface area contributed by atoms with Crippen LogP contribution in [0.1, 0.15) is 37.7 Å². The lowest BCUT2D eigenvalue weighted by molar-refractivity contribution is -0.385. The van der Waals surface area contributed by atoms with E-state index in [4.69, 9.17) is 9.47 Å². The minimum atomic E-state index is -0.443. The Morgan fingerprint density at radius 3 is 2.62 bits per heavy atom. The van der Waals surface area contributed by atoms with E-state index < -0.39 is 4.92 Å². The minimum Gasteiger partial charge on any atom is -0.493 e. The summed E-state index contributed by atoms with van der Waals surface area (Å²) < 4.78 is 11.1. The number of ether oxygens (including phenoxy) is 2. The zero-order valence-electron chi connectivity index (χ0n) is 12.0. The van der Waals surface area contributed by atoms with Crippen LogP contribution < -0.4 is 9.47 Å². The second-order valence-corrected chi connectivity index (χ2v) is 5.12. The third-order valence-electron chi connectivity index (χ3n) is 3.69. The van der Waals surface area contributed by atoms with Gasteiger partial charge in [0.1, 0.15) is 6.29 Å². The van der Waals surface area contributed by atoms with E-state index in [-0.39, 0.29) is 18.2 Å². The Kier molecular flexibility index (Phi) is 5.14. The third-order valence-corrected chi connectivity index (χ3v) is 3.69. The second-order valence-electron chi connectivity index (χ2n) is 5.12. The Bertz CT molecular complexity index is 523. The normalized spacial score (nSPS) is 14.9. The van der Waals surface area contributed by atoms with Crippen LogP contribution in [-0.4, -0.2) is 24.4 Å². The Morgan fingerprint density at radius 2 is 2.05 bits per heavy atom. The highest BCUT2D eigenvalue weighted by molar-refractivity contribution is 5.57. The second kappa shape index (κ2) is 7.06. The van der Waals surface area contributed by atoms with E-state index in [1.807, 2.05) is 0 Å². The van der Waals surface area contributed by atoms with Gasteiger partial charge in [-0.25, -0.2) is 0 Å². The van der Waals surface area contributed by atoms with Gasteiger partial charge in [0.15, 0.2) is 11.5 Å². The molecule has 0 amide bonds. The molecule has 1 saturated carbocycles. The van der Waals surface area contributed by atoms with Crippen LogP contribution in [0.5, 0.6) is 11.5 Å². The summed E-state index contributed by atoms with van der Waals surface area (Å²) in [5.41, 5.74) is 0.466. The van der Waals surface area contributed by atoms with E-state index in [0.717, 1.165) is 32.0 Å². The highest BCUT2D eigenvalue weighted by Crippen LogP contribution is 2.37. The lowest BCUT2D eigenvalue weighted by Gasteiger charge is -2.16. The number of hydrogen-bond acceptors (Lipinski definition) is 5. The molecule has 0 radical (unpaired) electrons. The topological polar surface area (TPSA) is 78.7 Å². The van der Waals surface area contributed by atoms with Gasteiger partial charge in [0.25, 0.3) is 5.69 Å². The predicted octanol–water partition coefficient (Wildman–Crippen LogP) is 3.06. The van der Waals surface area contributed by atoms with Crippen LogP contribution in [0.15, 0.2) is 12.1 Å². The molecular weight excluding hydrogens is 274 g/mol. The molecule has 114 valence electrons. The molecule has 0 heterocycles. The van der Waals surface area contributed by atoms with Crippen LogP contribution in [0.4, 0.5) is 5.69 Å². The molecule has 0 N–H and O–H groups in total. The summed E-state index contributed by atoms with van der Waals surface area (Å²) in [5, 5.41) is 11.2. The van der Waals surface area contributed by atoms with Crippen molar-refractivity contribution in [1.82, 2.24) is 0 Å². The third kappa shape index (κ3) is 3.71. The molecule has 0 atom stereocenters. The average molecular weight is 293 g/mol. The Labute approximate surface area is 123 Å². The zero-order valence-corrected chi connectivity index (χ0v) is 12.0. The van der Waals surface area contributed by atoms with Crippen molar-refractivity contribution >= 4 is 12.0 Å². The molecular formula is C15H19NO5. The highest BCUT2D eigenvalue weighted by atomic mass is 16.6. The molecule has 1 aliphatic carbocycles. The first kappa shape index (κ1) is 15.3. The number of aldehydes is 1. The van der Waals surface area contributed by atoms with Gasteiger partial charge in [-0.3, -0.25) is 10.1 Å². The zero-order chi connectivity index (χ0) is 15.2. The van der Waals surface area contributed by atoms with Crippen LogP contribution in [0.3, 0.4) is 0 Å². The maximum atomic E-state index is 11.2. The number of nitro groups is 1. The first-order valence-corrected chi connectivity index (χ1v) is 7.11. The van der Waals surface area contributed by atoms with Crippen molar-refractivity contribution in [3.05, 3.63) is 27.8 Å². The quantitative estimate of drug-likeness (QED) is 0.438. The number of carbonyl (C=O) groups is 1. The van der Waals surface area contributed by atoms with Gasteiger partial charge in [-0.2, -0.15) is 0 Å². The van der Waals surface area contributed by atoms with Crippen LogP contribution in [0.2, 0.25) is 0 Å². The average Bonchev–Trinajstić information content (AvgIpc) is 2.98. The molecule has 2 rings (SSSR count). The number of carbonyl (C=O) groups excluding carboxylic acids is 1. The number of hydrogen-bond donors (Lipinski definition) is 0. The van der Waals surface area contributed by atoms with Gasteiger partial charge in [-0.05, 0) is 38.2 Å². The van der Waals surface area contributed by atoms with Gasteiger partial charge in [0.05, 0.1) is 24.2 Å². The van der Waals surface area contributed by atoms with E-state index in [1.165, 1.54) is 13.2 Å². The highest BCUT2D eigenvalue weighted by Gasteiger charge is 2.23. The first-order chi connectivity index (χ1) is 10.2. The van der Waals surface area contributed by atoms with Gasteiger partial charge >= 0.3 is 0 Å². The van der Waals surface area contributed by atoms with Gasteiger partial charge in [-0.15, -0.1) is 0 Å². The summed E-state index contributed by atoms with van der Waals surface area (Å²) >= 11 is 0. The maximum absolute atomic E-state index is 11.2. The number of benzene rings is 1. The maximum Gasteiger partial charge on any atom is 0.276 e. The van der Waals surface area contributed by atoms with E-state index in [2.05, 4.69) is 0 Å². The summed E-state index contributed by atoms with van der Waals surface area (Å²) in [5.74, 6) is 0.888. The van der Waals surface area contributed by atoms with E-state index in [9.17, 15) is 14.9 Å². The fraction of sp³-hybridized carbons (Fsp3) is 0.533. The Balaban J connectivity index is 2.32. The summed E-state index contributed by atoms with van der Waals surface area (Å²) in [6.07, 6.45) is 5.57. The standard InChI is InChI=1S/C15H19NO5/c1-20-14-9-11(5-4-8-17)13(16(18)19)10-15(14)21-12-6-2-3-7-12/h8-10,12H,2-7H2,1H3. The van der Waals surface area contributed by atoms with Crippen molar-refractivity contribution in [1.29, 1.82) is 0 Å². The summed E-state index contributed by atoms with van der Waals surface area (Å²) in [6.45, 7) is 0. The smallest absolute Gasteiger partial charge is 0.276 e. The molecule has 21 heavy (non-hydrogen) atoms. The number of nitrogens with zero attached hydrogens (tertiary/aromatic N) is 1. The summed E-state index contributed by atoms with van der Waals surface area (Å²) in [4.78, 5) is 21.2. The van der Waals surface area contributed by atoms with Gasteiger partial charge in [0.2, 0.25) is 0 Å². The van der Waals surface area contributed by atoms with Crippen LogP contribution in [0.25, 0.3) is 0 Å². The van der Waals surface area contributed by atoms with E-state index >= 15 is 0 Å². The first-order valence-electron chi connectivity index (χ1n) is 7.11. The molecule has 1 aromatic rings. The van der Waals surface area contributed by atoms with Crippen molar-refractivity contribution < 1.29 is 19.2 Å². The van der Waals surface area contributed by atoms with E-state index in [1.54, 1.807) is 6.07 Å². The molecule has 0 saturated heterocycles. The molecule has 6 heteroatoms. The molecule has 0 spiro atoms. The van der Waals surface area contributed by atoms with E-state index in [0.29, 0.717) is 23.5 Å². The number of nitro benzene ring substituents is 1. The van der Waals surface area contributed by atoms with Gasteiger partial charge in [-0.1, -0.05) is 0 Å². The number of rotatable bonds is 7. The lowest BCUT2D eigenvalue weighted by Crippen LogP contribution is -2.12. The molecule has 0 bridgehead atoms.